The van der Waals surface area contributed by atoms with Crippen LogP contribution in [-0.4, -0.2) is 16.1 Å². The molecular formula is C15H18N4O. The zero-order chi connectivity index (χ0) is 14.5. The van der Waals surface area contributed by atoms with Crippen molar-refractivity contribution in [2.45, 2.75) is 26.8 Å². The molecule has 0 aliphatic heterocycles. The normalized spacial score (nSPS) is 10.3. The number of rotatable bonds is 4. The molecule has 0 spiro atoms. The molecule has 1 aromatic carbocycles. The number of amides is 1. The highest BCUT2D eigenvalue weighted by Gasteiger charge is 2.13. The summed E-state index contributed by atoms with van der Waals surface area (Å²) in [6, 6.07) is 9.25. The number of carbonyl (C=O) groups excluding carboxylic acids is 1. The molecule has 3 N–H and O–H groups in total. The van der Waals surface area contributed by atoms with Gasteiger partial charge in [-0.3, -0.25) is 4.79 Å². The number of carbonyl (C=O) groups is 1. The van der Waals surface area contributed by atoms with Crippen LogP contribution in [0.4, 0.5) is 5.69 Å². The van der Waals surface area contributed by atoms with E-state index >= 15 is 0 Å². The minimum absolute atomic E-state index is 0.172. The lowest BCUT2D eigenvalue weighted by Gasteiger charge is -2.09. The van der Waals surface area contributed by atoms with Gasteiger partial charge in [0.15, 0.2) is 0 Å². The number of hydrogen-bond acceptors (Lipinski definition) is 4. The summed E-state index contributed by atoms with van der Waals surface area (Å²) >= 11 is 0. The molecule has 0 radical (unpaired) electrons. The Labute approximate surface area is 118 Å². The number of aromatic nitrogens is 2. The predicted molar refractivity (Wildman–Crippen MR) is 78.4 cm³/mol. The average Bonchev–Trinajstić information content (AvgIpc) is 2.47. The van der Waals surface area contributed by atoms with Crippen LogP contribution in [-0.2, 0) is 13.0 Å². The van der Waals surface area contributed by atoms with Gasteiger partial charge < -0.3 is 11.1 Å². The summed E-state index contributed by atoms with van der Waals surface area (Å²) in [4.78, 5) is 12.3. The molecule has 104 valence electrons. The number of nitrogens with zero attached hydrogens (tertiary/aromatic N) is 2. The molecule has 5 nitrogen and oxygen atoms in total. The van der Waals surface area contributed by atoms with E-state index in [9.17, 15) is 4.79 Å². The molecule has 0 bridgehead atoms. The molecule has 0 unspecified atom stereocenters. The van der Waals surface area contributed by atoms with Crippen molar-refractivity contribution in [2.75, 3.05) is 5.32 Å². The van der Waals surface area contributed by atoms with E-state index in [0.29, 0.717) is 24.2 Å². The fourth-order valence-electron chi connectivity index (χ4n) is 1.95. The van der Waals surface area contributed by atoms with Gasteiger partial charge in [0.05, 0.1) is 17.0 Å². The second kappa shape index (κ2) is 6.25. The van der Waals surface area contributed by atoms with Crippen molar-refractivity contribution in [3.63, 3.8) is 0 Å². The molecule has 2 rings (SSSR count). The summed E-state index contributed by atoms with van der Waals surface area (Å²) in [6.45, 7) is 4.21. The van der Waals surface area contributed by atoms with Gasteiger partial charge >= 0.3 is 0 Å². The second-order valence-corrected chi connectivity index (χ2v) is 4.56. The van der Waals surface area contributed by atoms with E-state index in [0.717, 1.165) is 16.9 Å². The van der Waals surface area contributed by atoms with Gasteiger partial charge in [-0.25, -0.2) is 0 Å². The molecule has 0 atom stereocenters. The zero-order valence-corrected chi connectivity index (χ0v) is 11.7. The number of anilines is 1. The molecule has 5 heteroatoms. The molecule has 0 aliphatic carbocycles. The Morgan fingerprint density at radius 1 is 1.30 bits per heavy atom. The van der Waals surface area contributed by atoms with Crippen LogP contribution in [0.1, 0.15) is 34.2 Å². The maximum atomic E-state index is 12.3. The minimum Gasteiger partial charge on any atom is -0.326 e. The van der Waals surface area contributed by atoms with E-state index < -0.39 is 0 Å². The van der Waals surface area contributed by atoms with Crippen molar-refractivity contribution in [2.24, 2.45) is 5.73 Å². The zero-order valence-electron chi connectivity index (χ0n) is 11.7. The number of nitrogens with one attached hydrogen (secondary N) is 1. The minimum atomic E-state index is -0.172. The van der Waals surface area contributed by atoms with Crippen molar-refractivity contribution >= 4 is 11.6 Å². The van der Waals surface area contributed by atoms with Gasteiger partial charge in [-0.15, -0.1) is 0 Å². The van der Waals surface area contributed by atoms with E-state index in [4.69, 9.17) is 5.73 Å². The summed E-state index contributed by atoms with van der Waals surface area (Å²) in [5, 5.41) is 10.9. The van der Waals surface area contributed by atoms with E-state index in [-0.39, 0.29) is 5.91 Å². The lowest BCUT2D eigenvalue weighted by Crippen LogP contribution is -2.16. The van der Waals surface area contributed by atoms with Crippen LogP contribution in [0.2, 0.25) is 0 Å². The van der Waals surface area contributed by atoms with E-state index in [1.807, 2.05) is 38.1 Å². The first-order chi connectivity index (χ1) is 9.63. The molecule has 1 aromatic heterocycles. The van der Waals surface area contributed by atoms with Gasteiger partial charge in [0.1, 0.15) is 0 Å². The predicted octanol–water partition coefficient (Wildman–Crippen LogP) is 2.06. The third kappa shape index (κ3) is 3.19. The Morgan fingerprint density at radius 2 is 2.10 bits per heavy atom. The maximum absolute atomic E-state index is 12.3. The van der Waals surface area contributed by atoms with Gasteiger partial charge in [-0.1, -0.05) is 19.1 Å². The molecule has 1 heterocycles. The highest BCUT2D eigenvalue weighted by Crippen LogP contribution is 2.14. The largest absolute Gasteiger partial charge is 0.326 e. The third-order valence-electron chi connectivity index (χ3n) is 2.99. The van der Waals surface area contributed by atoms with Crippen molar-refractivity contribution in [1.29, 1.82) is 0 Å². The smallest absolute Gasteiger partial charge is 0.257 e. The maximum Gasteiger partial charge on any atom is 0.257 e. The lowest BCUT2D eigenvalue weighted by molar-refractivity contribution is 0.102. The van der Waals surface area contributed by atoms with Gasteiger partial charge in [0.2, 0.25) is 0 Å². The van der Waals surface area contributed by atoms with Gasteiger partial charge in [0.25, 0.3) is 5.91 Å². The molecule has 0 saturated heterocycles. The second-order valence-electron chi connectivity index (χ2n) is 4.56. The van der Waals surface area contributed by atoms with Crippen molar-refractivity contribution < 1.29 is 4.79 Å². The monoisotopic (exact) mass is 270 g/mol. The van der Waals surface area contributed by atoms with Crippen LogP contribution < -0.4 is 11.1 Å². The topological polar surface area (TPSA) is 80.9 Å². The van der Waals surface area contributed by atoms with E-state index in [1.165, 1.54) is 0 Å². The molecule has 0 fully saturated rings. The van der Waals surface area contributed by atoms with Gasteiger partial charge in [0, 0.05) is 12.2 Å². The molecular weight excluding hydrogens is 252 g/mol. The summed E-state index contributed by atoms with van der Waals surface area (Å²) in [7, 11) is 0. The third-order valence-corrected chi connectivity index (χ3v) is 2.99. The Bertz CT molecular complexity index is 625. The first-order valence-corrected chi connectivity index (χ1v) is 6.57. The summed E-state index contributed by atoms with van der Waals surface area (Å²) in [6.07, 6.45) is 0.666. The number of aryl methyl sites for hydroxylation is 2. The SMILES string of the molecule is CCc1nnc(C)cc1C(=O)Nc1cccc(CN)c1. The van der Waals surface area contributed by atoms with Crippen molar-refractivity contribution in [3.8, 4) is 0 Å². The van der Waals surface area contributed by atoms with Gasteiger partial charge in [-0.05, 0) is 37.1 Å². The number of benzene rings is 1. The summed E-state index contributed by atoms with van der Waals surface area (Å²) < 4.78 is 0. The van der Waals surface area contributed by atoms with Crippen LogP contribution in [0, 0.1) is 6.92 Å². The summed E-state index contributed by atoms with van der Waals surface area (Å²) in [5.41, 5.74) is 9.29. The summed E-state index contributed by atoms with van der Waals surface area (Å²) in [5.74, 6) is -0.172. The van der Waals surface area contributed by atoms with Crippen LogP contribution in [0.25, 0.3) is 0 Å². The van der Waals surface area contributed by atoms with Gasteiger partial charge in [-0.2, -0.15) is 10.2 Å². The Balaban J connectivity index is 2.25. The van der Waals surface area contributed by atoms with E-state index in [1.54, 1.807) is 6.07 Å². The lowest BCUT2D eigenvalue weighted by atomic mass is 10.1. The molecule has 2 aromatic rings. The first kappa shape index (κ1) is 14.1. The highest BCUT2D eigenvalue weighted by molar-refractivity contribution is 6.05. The van der Waals surface area contributed by atoms with Crippen LogP contribution in [0.5, 0.6) is 0 Å². The molecule has 20 heavy (non-hydrogen) atoms. The van der Waals surface area contributed by atoms with Crippen molar-refractivity contribution in [1.82, 2.24) is 10.2 Å². The number of nitrogens with two attached hydrogens (primary N) is 1. The Kier molecular flexibility index (Phi) is 4.42. The molecule has 0 saturated carbocycles. The van der Waals surface area contributed by atoms with E-state index in [2.05, 4.69) is 15.5 Å². The molecule has 0 aliphatic rings. The van der Waals surface area contributed by atoms with Crippen LogP contribution in [0.3, 0.4) is 0 Å². The average molecular weight is 270 g/mol. The van der Waals surface area contributed by atoms with Crippen LogP contribution in [0.15, 0.2) is 30.3 Å². The Hall–Kier alpha value is -2.27. The van der Waals surface area contributed by atoms with Crippen molar-refractivity contribution in [3.05, 3.63) is 52.8 Å². The standard InChI is InChI=1S/C15H18N4O/c1-3-14-13(7-10(2)18-19-14)15(20)17-12-6-4-5-11(8-12)9-16/h4-8H,3,9,16H2,1-2H3,(H,17,20). The number of hydrogen-bond donors (Lipinski definition) is 2. The van der Waals surface area contributed by atoms with Crippen LogP contribution >= 0.6 is 0 Å². The highest BCUT2D eigenvalue weighted by atomic mass is 16.1. The Morgan fingerprint density at radius 3 is 2.80 bits per heavy atom. The fraction of sp³-hybridized carbons (Fsp3) is 0.267. The first-order valence-electron chi connectivity index (χ1n) is 6.57. The molecule has 1 amide bonds. The quantitative estimate of drug-likeness (QED) is 0.891. The fourth-order valence-corrected chi connectivity index (χ4v) is 1.95.